The average Bonchev–Trinajstić information content (AvgIpc) is 3.17. The first kappa shape index (κ1) is 20.4. The third-order valence-corrected chi connectivity index (χ3v) is 6.59. The van der Waals surface area contributed by atoms with E-state index in [0.29, 0.717) is 12.5 Å². The van der Waals surface area contributed by atoms with E-state index in [4.69, 9.17) is 0 Å². The van der Waals surface area contributed by atoms with Crippen LogP contribution in [0.3, 0.4) is 0 Å². The lowest BCUT2D eigenvalue weighted by molar-refractivity contribution is 0.518. The van der Waals surface area contributed by atoms with Crippen LogP contribution in [0.5, 0.6) is 0 Å². The molecule has 2 rings (SSSR count). The summed E-state index contributed by atoms with van der Waals surface area (Å²) in [7, 11) is -1.78. The number of benzene rings is 1. The molecule has 1 heterocycles. The van der Waals surface area contributed by atoms with Crippen LogP contribution in [-0.2, 0) is 15.4 Å². The van der Waals surface area contributed by atoms with Gasteiger partial charge in [0.05, 0.1) is 4.90 Å². The molecule has 0 bridgehead atoms. The lowest BCUT2D eigenvalue weighted by Crippen LogP contribution is -2.45. The highest BCUT2D eigenvalue weighted by atomic mass is 32.2. The van der Waals surface area contributed by atoms with E-state index in [9.17, 15) is 8.42 Å². The second-order valence-corrected chi connectivity index (χ2v) is 9.14. The van der Waals surface area contributed by atoms with Gasteiger partial charge in [0.2, 0.25) is 10.0 Å². The summed E-state index contributed by atoms with van der Waals surface area (Å²) < 4.78 is 26.9. The zero-order valence-corrected chi connectivity index (χ0v) is 17.0. The molecule has 2 aromatic rings. The van der Waals surface area contributed by atoms with E-state index < -0.39 is 10.0 Å². The van der Waals surface area contributed by atoms with Gasteiger partial charge in [-0.1, -0.05) is 38.1 Å². The Morgan fingerprint density at radius 2 is 1.81 bits per heavy atom. The lowest BCUT2D eigenvalue weighted by Gasteiger charge is -2.25. The van der Waals surface area contributed by atoms with Crippen LogP contribution in [0.1, 0.15) is 18.7 Å². The number of guanidine groups is 1. The molecule has 0 aliphatic heterocycles. The molecule has 26 heavy (non-hydrogen) atoms. The van der Waals surface area contributed by atoms with Crippen molar-refractivity contribution in [2.24, 2.45) is 4.99 Å². The summed E-state index contributed by atoms with van der Waals surface area (Å²) in [6, 6.07) is 12.5. The molecule has 0 aliphatic rings. The van der Waals surface area contributed by atoms with E-state index in [0.717, 1.165) is 6.54 Å². The van der Waals surface area contributed by atoms with E-state index in [1.165, 1.54) is 4.88 Å². The van der Waals surface area contributed by atoms with Gasteiger partial charge in [-0.25, -0.2) is 13.1 Å². The Bertz CT molecular complexity index is 801. The number of aliphatic imine (C=N–C) groups is 1. The molecule has 3 N–H and O–H groups in total. The van der Waals surface area contributed by atoms with Crippen LogP contribution in [0.15, 0.2) is 57.7 Å². The van der Waals surface area contributed by atoms with Crippen LogP contribution < -0.4 is 15.4 Å². The Morgan fingerprint density at radius 1 is 1.08 bits per heavy atom. The molecule has 0 saturated carbocycles. The van der Waals surface area contributed by atoms with Crippen molar-refractivity contribution in [1.82, 2.24) is 15.4 Å². The zero-order valence-electron chi connectivity index (χ0n) is 15.3. The fourth-order valence-electron chi connectivity index (χ4n) is 2.33. The van der Waals surface area contributed by atoms with E-state index >= 15 is 0 Å². The largest absolute Gasteiger partial charge is 0.356 e. The van der Waals surface area contributed by atoms with E-state index in [-0.39, 0.29) is 16.9 Å². The number of hydrogen-bond acceptors (Lipinski definition) is 4. The van der Waals surface area contributed by atoms with Gasteiger partial charge in [-0.3, -0.25) is 4.99 Å². The first-order valence-corrected chi connectivity index (χ1v) is 10.7. The third-order valence-electron chi connectivity index (χ3n) is 3.87. The maximum absolute atomic E-state index is 12.2. The molecule has 0 spiro atoms. The minimum atomic E-state index is -3.48. The molecule has 142 valence electrons. The maximum Gasteiger partial charge on any atom is 0.240 e. The summed E-state index contributed by atoms with van der Waals surface area (Å²) in [5.41, 5.74) is -0.0132. The fraction of sp³-hybridized carbons (Fsp3) is 0.389. The normalized spacial score (nSPS) is 12.8. The topological polar surface area (TPSA) is 82.6 Å². The quantitative estimate of drug-likeness (QED) is 0.364. The van der Waals surface area contributed by atoms with Crippen molar-refractivity contribution in [2.75, 3.05) is 26.7 Å². The number of nitrogens with zero attached hydrogens (tertiary/aromatic N) is 1. The molecular formula is C18H26N4O2S2. The van der Waals surface area contributed by atoms with E-state index in [1.807, 2.05) is 6.07 Å². The van der Waals surface area contributed by atoms with Gasteiger partial charge in [-0.05, 0) is 23.6 Å². The molecule has 0 saturated heterocycles. The molecule has 0 fully saturated rings. The average molecular weight is 395 g/mol. The number of nitrogens with one attached hydrogen (secondary N) is 3. The second kappa shape index (κ2) is 9.16. The summed E-state index contributed by atoms with van der Waals surface area (Å²) >= 11 is 1.73. The van der Waals surface area contributed by atoms with Crippen molar-refractivity contribution in [2.45, 2.75) is 24.2 Å². The fourth-order valence-corrected chi connectivity index (χ4v) is 4.23. The summed E-state index contributed by atoms with van der Waals surface area (Å²) in [6.07, 6.45) is 0. The predicted octanol–water partition coefficient (Wildman–Crippen LogP) is 2.17. The molecule has 1 aromatic carbocycles. The Labute approximate surface area is 159 Å². The van der Waals surface area contributed by atoms with Crippen molar-refractivity contribution in [3.05, 3.63) is 52.7 Å². The molecule has 0 aliphatic carbocycles. The van der Waals surface area contributed by atoms with Gasteiger partial charge in [0, 0.05) is 37.0 Å². The van der Waals surface area contributed by atoms with Crippen LogP contribution in [0.25, 0.3) is 0 Å². The van der Waals surface area contributed by atoms with Crippen molar-refractivity contribution < 1.29 is 8.42 Å². The summed E-state index contributed by atoms with van der Waals surface area (Å²) in [5.74, 6) is 0.647. The highest BCUT2D eigenvalue weighted by molar-refractivity contribution is 7.89. The van der Waals surface area contributed by atoms with Gasteiger partial charge in [-0.2, -0.15) is 0 Å². The van der Waals surface area contributed by atoms with E-state index in [1.54, 1.807) is 48.7 Å². The Morgan fingerprint density at radius 3 is 2.42 bits per heavy atom. The maximum atomic E-state index is 12.2. The lowest BCUT2D eigenvalue weighted by atomic mass is 9.91. The minimum Gasteiger partial charge on any atom is -0.356 e. The number of hydrogen-bond donors (Lipinski definition) is 3. The van der Waals surface area contributed by atoms with Gasteiger partial charge in [0.1, 0.15) is 0 Å². The van der Waals surface area contributed by atoms with E-state index in [2.05, 4.69) is 45.6 Å². The van der Waals surface area contributed by atoms with Crippen molar-refractivity contribution in [1.29, 1.82) is 0 Å². The van der Waals surface area contributed by atoms with Crippen molar-refractivity contribution >= 4 is 27.3 Å². The molecule has 1 aromatic heterocycles. The van der Waals surface area contributed by atoms with Crippen LogP contribution in [0, 0.1) is 0 Å². The van der Waals surface area contributed by atoms with Crippen LogP contribution in [0.4, 0.5) is 0 Å². The number of rotatable bonds is 8. The summed E-state index contributed by atoms with van der Waals surface area (Å²) in [5, 5.41) is 8.49. The Kier molecular flexibility index (Phi) is 7.19. The highest BCUT2D eigenvalue weighted by Crippen LogP contribution is 2.26. The molecule has 0 unspecified atom stereocenters. The molecule has 0 radical (unpaired) electrons. The van der Waals surface area contributed by atoms with Crippen molar-refractivity contribution in [3.8, 4) is 0 Å². The Balaban J connectivity index is 1.77. The van der Waals surface area contributed by atoms with Crippen molar-refractivity contribution in [3.63, 3.8) is 0 Å². The molecule has 6 nitrogen and oxygen atoms in total. The Hall–Kier alpha value is -1.90. The molecular weight excluding hydrogens is 368 g/mol. The first-order chi connectivity index (χ1) is 12.3. The highest BCUT2D eigenvalue weighted by Gasteiger charge is 2.21. The molecule has 8 heteroatoms. The van der Waals surface area contributed by atoms with Gasteiger partial charge in [0.25, 0.3) is 0 Å². The SMILES string of the molecule is CN=C(NCCNS(=O)(=O)c1ccccc1)NCC(C)(C)c1cccs1. The van der Waals surface area contributed by atoms with Crippen LogP contribution >= 0.6 is 11.3 Å². The second-order valence-electron chi connectivity index (χ2n) is 6.42. The van der Waals surface area contributed by atoms with Gasteiger partial charge < -0.3 is 10.6 Å². The number of thiophene rings is 1. The summed E-state index contributed by atoms with van der Waals surface area (Å²) in [6.45, 7) is 5.78. The third kappa shape index (κ3) is 5.82. The first-order valence-electron chi connectivity index (χ1n) is 8.38. The van der Waals surface area contributed by atoms with Crippen LogP contribution in [-0.4, -0.2) is 41.1 Å². The smallest absolute Gasteiger partial charge is 0.240 e. The van der Waals surface area contributed by atoms with Crippen LogP contribution in [0.2, 0.25) is 0 Å². The number of sulfonamides is 1. The minimum absolute atomic E-state index is 0.0132. The zero-order chi connectivity index (χ0) is 19.0. The monoisotopic (exact) mass is 394 g/mol. The standard InChI is InChI=1S/C18H26N4O2S2/c1-18(2,16-10-7-13-25-16)14-21-17(19-3)20-11-12-22-26(23,24)15-8-5-4-6-9-15/h4-10,13,22H,11-12,14H2,1-3H3,(H2,19,20,21). The molecule has 0 atom stereocenters. The van der Waals surface area contributed by atoms with Gasteiger partial charge >= 0.3 is 0 Å². The molecule has 0 amide bonds. The van der Waals surface area contributed by atoms with Gasteiger partial charge in [-0.15, -0.1) is 11.3 Å². The summed E-state index contributed by atoms with van der Waals surface area (Å²) in [4.78, 5) is 5.75. The van der Waals surface area contributed by atoms with Gasteiger partial charge in [0.15, 0.2) is 5.96 Å². The predicted molar refractivity (Wildman–Crippen MR) is 108 cm³/mol.